The van der Waals surface area contributed by atoms with Gasteiger partial charge in [-0.05, 0) is 56.4 Å². The Morgan fingerprint density at radius 2 is 1.72 bits per heavy atom. The van der Waals surface area contributed by atoms with Crippen LogP contribution < -0.4 is 10.6 Å². The third kappa shape index (κ3) is 4.41. The van der Waals surface area contributed by atoms with Crippen LogP contribution in [0.5, 0.6) is 0 Å². The summed E-state index contributed by atoms with van der Waals surface area (Å²) in [6.07, 6.45) is 2.05. The van der Waals surface area contributed by atoms with E-state index in [0.29, 0.717) is 12.6 Å². The summed E-state index contributed by atoms with van der Waals surface area (Å²) in [4.78, 5) is 12.8. The summed E-state index contributed by atoms with van der Waals surface area (Å²) in [6.45, 7) is 11.1. The molecule has 0 spiro atoms. The fraction of sp³-hybridized carbons (Fsp3) is 0.409. The highest BCUT2D eigenvalue weighted by Gasteiger charge is 2.19. The van der Waals surface area contributed by atoms with Crippen LogP contribution in [0.2, 0.25) is 0 Å². The normalized spacial score (nSPS) is 10.8. The number of anilines is 1. The Bertz CT molecular complexity index is 733. The molecular weight excluding hydrogens is 308 g/mol. The molecule has 0 aliphatic rings. The molecule has 1 amide bonds. The Labute approximate surface area is 151 Å². The van der Waals surface area contributed by atoms with E-state index in [2.05, 4.69) is 56.5 Å². The van der Waals surface area contributed by atoms with E-state index in [1.54, 1.807) is 0 Å². The number of carbonyl (C=O) groups excluding carboxylic acids is 1. The minimum atomic E-state index is -0.0217. The summed E-state index contributed by atoms with van der Waals surface area (Å²) < 4.78 is 0. The van der Waals surface area contributed by atoms with Gasteiger partial charge in [0.15, 0.2) is 0 Å². The van der Waals surface area contributed by atoms with Gasteiger partial charge in [-0.15, -0.1) is 0 Å². The van der Waals surface area contributed by atoms with Gasteiger partial charge in [0.25, 0.3) is 5.91 Å². The van der Waals surface area contributed by atoms with Crippen LogP contribution in [0, 0.1) is 13.8 Å². The van der Waals surface area contributed by atoms with Crippen molar-refractivity contribution in [2.24, 2.45) is 0 Å². The van der Waals surface area contributed by atoms with Gasteiger partial charge in [0, 0.05) is 18.3 Å². The van der Waals surface area contributed by atoms with Gasteiger partial charge < -0.3 is 10.6 Å². The zero-order chi connectivity index (χ0) is 18.4. The molecule has 0 bridgehead atoms. The van der Waals surface area contributed by atoms with Crippen LogP contribution in [-0.2, 0) is 0 Å². The fourth-order valence-corrected chi connectivity index (χ4v) is 3.22. The average molecular weight is 338 g/mol. The van der Waals surface area contributed by atoms with Crippen LogP contribution in [0.25, 0.3) is 11.1 Å². The van der Waals surface area contributed by atoms with E-state index in [9.17, 15) is 4.79 Å². The summed E-state index contributed by atoms with van der Waals surface area (Å²) in [7, 11) is 0. The maximum Gasteiger partial charge on any atom is 0.254 e. The molecule has 0 fully saturated rings. The molecule has 134 valence electrons. The van der Waals surface area contributed by atoms with E-state index in [0.717, 1.165) is 35.2 Å². The summed E-state index contributed by atoms with van der Waals surface area (Å²) in [6, 6.07) is 12.8. The van der Waals surface area contributed by atoms with Crippen LogP contribution in [-0.4, -0.2) is 18.5 Å². The molecule has 0 aliphatic carbocycles. The summed E-state index contributed by atoms with van der Waals surface area (Å²) in [5, 5.41) is 6.54. The van der Waals surface area contributed by atoms with Crippen LogP contribution in [0.1, 0.15) is 55.1 Å². The molecule has 0 aliphatic heterocycles. The van der Waals surface area contributed by atoms with E-state index >= 15 is 0 Å². The van der Waals surface area contributed by atoms with Crippen molar-refractivity contribution in [1.82, 2.24) is 5.32 Å². The number of rotatable bonds is 7. The van der Waals surface area contributed by atoms with Gasteiger partial charge in [0.1, 0.15) is 0 Å². The number of benzene rings is 2. The molecule has 0 saturated heterocycles. The molecule has 0 radical (unpaired) electrons. The average Bonchev–Trinajstić information content (AvgIpc) is 2.59. The minimum absolute atomic E-state index is 0.0217. The topological polar surface area (TPSA) is 41.1 Å². The third-order valence-corrected chi connectivity index (χ3v) is 4.65. The number of aryl methyl sites for hydroxylation is 2. The maximum atomic E-state index is 12.8. The molecule has 0 aromatic heterocycles. The molecule has 0 unspecified atom stereocenters. The molecule has 25 heavy (non-hydrogen) atoms. The summed E-state index contributed by atoms with van der Waals surface area (Å²) in [5.41, 5.74) is 6.16. The number of hydrogen-bond donors (Lipinski definition) is 2. The van der Waals surface area contributed by atoms with E-state index in [1.807, 2.05) is 25.1 Å². The van der Waals surface area contributed by atoms with Crippen molar-refractivity contribution in [3.63, 3.8) is 0 Å². The van der Waals surface area contributed by atoms with Crippen molar-refractivity contribution < 1.29 is 4.79 Å². The van der Waals surface area contributed by atoms with Gasteiger partial charge in [-0.1, -0.05) is 49.7 Å². The molecule has 2 aromatic carbocycles. The van der Waals surface area contributed by atoms with Crippen molar-refractivity contribution in [3.8, 4) is 11.1 Å². The lowest BCUT2D eigenvalue weighted by Crippen LogP contribution is -2.26. The first kappa shape index (κ1) is 19.0. The lowest BCUT2D eigenvalue weighted by Gasteiger charge is -2.21. The molecule has 2 rings (SSSR count). The highest BCUT2D eigenvalue weighted by atomic mass is 16.1. The van der Waals surface area contributed by atoms with Crippen molar-refractivity contribution in [2.45, 2.75) is 53.5 Å². The first-order chi connectivity index (χ1) is 12.0. The molecule has 0 heterocycles. The summed E-state index contributed by atoms with van der Waals surface area (Å²) >= 11 is 0. The van der Waals surface area contributed by atoms with Crippen LogP contribution >= 0.6 is 0 Å². The minimum Gasteiger partial charge on any atom is -0.382 e. The number of carbonyl (C=O) groups is 1. The quantitative estimate of drug-likeness (QED) is 0.717. The Hall–Kier alpha value is -2.29. The smallest absolute Gasteiger partial charge is 0.254 e. The van der Waals surface area contributed by atoms with Gasteiger partial charge in [-0.3, -0.25) is 4.79 Å². The first-order valence-electron chi connectivity index (χ1n) is 9.27. The number of amides is 1. The lowest BCUT2D eigenvalue weighted by molar-refractivity contribution is 0.0957. The highest BCUT2D eigenvalue weighted by Crippen LogP contribution is 2.32. The predicted octanol–water partition coefficient (Wildman–Crippen LogP) is 5.32. The molecule has 2 aromatic rings. The molecule has 3 nitrogen and oxygen atoms in total. The third-order valence-electron chi connectivity index (χ3n) is 4.65. The fourth-order valence-electron chi connectivity index (χ4n) is 3.22. The van der Waals surface area contributed by atoms with E-state index in [4.69, 9.17) is 0 Å². The van der Waals surface area contributed by atoms with Gasteiger partial charge >= 0.3 is 0 Å². The summed E-state index contributed by atoms with van der Waals surface area (Å²) in [5.74, 6) is -0.0217. The van der Waals surface area contributed by atoms with Gasteiger partial charge in [-0.25, -0.2) is 0 Å². The van der Waals surface area contributed by atoms with Gasteiger partial charge in [0.05, 0.1) is 5.56 Å². The van der Waals surface area contributed by atoms with Crippen LogP contribution in [0.3, 0.4) is 0 Å². The van der Waals surface area contributed by atoms with E-state index in [-0.39, 0.29) is 5.91 Å². The zero-order valence-corrected chi connectivity index (χ0v) is 16.1. The van der Waals surface area contributed by atoms with E-state index in [1.165, 1.54) is 11.1 Å². The SMILES string of the molecule is CCNC(=O)c1c(NC(CC)CC)cccc1-c1ccc(C)cc1C. The second-order valence-corrected chi connectivity index (χ2v) is 6.56. The van der Waals surface area contributed by atoms with Crippen molar-refractivity contribution in [1.29, 1.82) is 0 Å². The highest BCUT2D eigenvalue weighted by molar-refractivity contribution is 6.06. The first-order valence-corrected chi connectivity index (χ1v) is 9.27. The Morgan fingerprint density at radius 3 is 2.32 bits per heavy atom. The lowest BCUT2D eigenvalue weighted by atomic mass is 9.93. The van der Waals surface area contributed by atoms with Gasteiger partial charge in [-0.2, -0.15) is 0 Å². The maximum absolute atomic E-state index is 12.8. The van der Waals surface area contributed by atoms with Crippen molar-refractivity contribution >= 4 is 11.6 Å². The van der Waals surface area contributed by atoms with Crippen LogP contribution in [0.15, 0.2) is 36.4 Å². The van der Waals surface area contributed by atoms with E-state index < -0.39 is 0 Å². The molecule has 3 heteroatoms. The molecule has 0 saturated carbocycles. The molecule has 0 atom stereocenters. The number of hydrogen-bond acceptors (Lipinski definition) is 2. The van der Waals surface area contributed by atoms with Crippen molar-refractivity contribution in [2.75, 3.05) is 11.9 Å². The second kappa shape index (κ2) is 8.70. The Morgan fingerprint density at radius 1 is 1.00 bits per heavy atom. The zero-order valence-electron chi connectivity index (χ0n) is 16.1. The Balaban J connectivity index is 2.60. The molecule has 2 N–H and O–H groups in total. The van der Waals surface area contributed by atoms with Gasteiger partial charge in [0.2, 0.25) is 0 Å². The largest absolute Gasteiger partial charge is 0.382 e. The predicted molar refractivity (Wildman–Crippen MR) is 107 cm³/mol. The molecular formula is C22H30N2O. The Kier molecular flexibility index (Phi) is 6.63. The monoisotopic (exact) mass is 338 g/mol. The van der Waals surface area contributed by atoms with Crippen LogP contribution in [0.4, 0.5) is 5.69 Å². The van der Waals surface area contributed by atoms with Crippen molar-refractivity contribution in [3.05, 3.63) is 53.1 Å². The number of nitrogens with one attached hydrogen (secondary N) is 2. The standard InChI is InChI=1S/C22H30N2O/c1-6-17(7-2)24-20-11-9-10-19(21(20)22(25)23-8-3)18-13-12-15(4)14-16(18)5/h9-14,17,24H,6-8H2,1-5H3,(H,23,25). The second-order valence-electron chi connectivity index (χ2n) is 6.56.